The monoisotopic (exact) mass is 602 g/mol. The van der Waals surface area contributed by atoms with E-state index in [2.05, 4.69) is 83.9 Å². The number of benzene rings is 1. The smallest absolute Gasteiger partial charge is 0.218 e. The second-order valence-electron chi connectivity index (χ2n) is 4.69. The van der Waals surface area contributed by atoms with Crippen LogP contribution in [0.1, 0.15) is 11.1 Å². The molecule has 0 atom stereocenters. The maximum absolute atomic E-state index is 10.6. The second kappa shape index (κ2) is 7.40. The average molecular weight is 606 g/mol. The van der Waals surface area contributed by atoms with Crippen molar-refractivity contribution in [3.05, 3.63) is 47.2 Å². The Morgan fingerprint density at radius 2 is 1.29 bits per heavy atom. The first-order valence-corrected chi connectivity index (χ1v) is 9.90. The van der Waals surface area contributed by atoms with E-state index < -0.39 is 0 Å². The van der Waals surface area contributed by atoms with Crippen LogP contribution in [0.25, 0.3) is 0 Å². The molecule has 0 aliphatic heterocycles. The number of aromatic nitrogens is 6. The molecule has 0 saturated heterocycles. The Morgan fingerprint density at radius 3 is 1.62 bits per heavy atom. The van der Waals surface area contributed by atoms with Gasteiger partial charge in [0.15, 0.2) is 9.47 Å². The molecule has 1 N–H and O–H groups in total. The van der Waals surface area contributed by atoms with Crippen molar-refractivity contribution in [2.75, 3.05) is 0 Å². The molecule has 0 amide bonds. The first-order valence-electron chi connectivity index (χ1n) is 6.35. The number of halogens is 5. The molecule has 1 aromatic carbocycles. The van der Waals surface area contributed by atoms with Gasteiger partial charge in [0.25, 0.3) is 0 Å². The van der Waals surface area contributed by atoms with Crippen LogP contribution in [-0.4, -0.2) is 34.6 Å². The molecule has 0 radical (unpaired) electrons. The second-order valence-corrected chi connectivity index (χ2v) is 7.96. The van der Waals surface area contributed by atoms with Crippen molar-refractivity contribution in [1.82, 2.24) is 29.5 Å². The molecule has 24 heavy (non-hydrogen) atoms. The largest absolute Gasteiger partial charge is 0.507 e. The minimum absolute atomic E-state index is 0.122. The highest BCUT2D eigenvalue weighted by Gasteiger charge is 2.15. The summed E-state index contributed by atoms with van der Waals surface area (Å²) >= 11 is 19.2. The van der Waals surface area contributed by atoms with Crippen LogP contribution in [0.3, 0.4) is 0 Å². The quantitative estimate of drug-likeness (QED) is 0.478. The lowest BCUT2D eigenvalue weighted by atomic mass is 10.1. The molecule has 0 aliphatic carbocycles. The summed E-state index contributed by atoms with van der Waals surface area (Å²) in [7, 11) is 0. The van der Waals surface area contributed by atoms with Crippen LogP contribution in [0, 0.1) is 0 Å². The number of rotatable bonds is 4. The molecule has 0 aliphatic rings. The van der Waals surface area contributed by atoms with Crippen molar-refractivity contribution >= 4 is 75.3 Å². The van der Waals surface area contributed by atoms with E-state index in [1.54, 1.807) is 21.5 Å². The van der Waals surface area contributed by atoms with Gasteiger partial charge in [-0.1, -0.05) is 11.6 Å². The highest BCUT2D eigenvalue weighted by molar-refractivity contribution is 9.11. The SMILES string of the molecule is Oc1c(Cn2nc(Br)nc2Br)cc(Cl)cc1Cn1nc(Br)nc1Br. The van der Waals surface area contributed by atoms with Crippen molar-refractivity contribution in [1.29, 1.82) is 0 Å². The summed E-state index contributed by atoms with van der Waals surface area (Å²) in [5.74, 6) is 0.122. The van der Waals surface area contributed by atoms with E-state index in [-0.39, 0.29) is 5.75 Å². The molecule has 2 aromatic heterocycles. The van der Waals surface area contributed by atoms with E-state index in [0.29, 0.717) is 48.2 Å². The Morgan fingerprint density at radius 1 is 0.875 bits per heavy atom. The Kier molecular flexibility index (Phi) is 5.65. The van der Waals surface area contributed by atoms with Crippen molar-refractivity contribution in [3.8, 4) is 5.75 Å². The third kappa shape index (κ3) is 4.01. The third-order valence-corrected chi connectivity index (χ3v) is 5.14. The number of nitrogens with zero attached hydrogens (tertiary/aromatic N) is 6. The molecule has 12 heteroatoms. The fourth-order valence-electron chi connectivity index (χ4n) is 2.08. The molecule has 0 bridgehead atoms. The lowest BCUT2D eigenvalue weighted by Crippen LogP contribution is -2.06. The first-order chi connectivity index (χ1) is 11.3. The van der Waals surface area contributed by atoms with Crippen LogP contribution in [-0.2, 0) is 13.1 Å². The number of hydrogen-bond acceptors (Lipinski definition) is 5. The van der Waals surface area contributed by atoms with E-state index in [9.17, 15) is 5.11 Å². The average Bonchev–Trinajstić information content (AvgIpc) is 2.96. The number of hydrogen-bond donors (Lipinski definition) is 1. The van der Waals surface area contributed by atoms with Crippen LogP contribution in [0.15, 0.2) is 31.1 Å². The van der Waals surface area contributed by atoms with Crippen molar-refractivity contribution < 1.29 is 5.11 Å². The minimum atomic E-state index is 0.122. The predicted octanol–water partition coefficient (Wildman–Crippen LogP) is 4.38. The maximum Gasteiger partial charge on any atom is 0.218 e. The van der Waals surface area contributed by atoms with Gasteiger partial charge in [-0.25, -0.2) is 9.36 Å². The Hall–Kier alpha value is -0.490. The van der Waals surface area contributed by atoms with Gasteiger partial charge < -0.3 is 5.11 Å². The molecule has 0 spiro atoms. The zero-order chi connectivity index (χ0) is 17.4. The lowest BCUT2D eigenvalue weighted by Gasteiger charge is -2.12. The normalized spacial score (nSPS) is 11.2. The van der Waals surface area contributed by atoms with E-state index in [1.165, 1.54) is 0 Å². The van der Waals surface area contributed by atoms with Crippen LogP contribution < -0.4 is 0 Å². The van der Waals surface area contributed by atoms with Crippen LogP contribution >= 0.6 is 75.3 Å². The molecule has 7 nitrogen and oxygen atoms in total. The molecule has 3 aromatic rings. The van der Waals surface area contributed by atoms with Gasteiger partial charge in [0, 0.05) is 16.1 Å². The maximum atomic E-state index is 10.6. The van der Waals surface area contributed by atoms with Gasteiger partial charge in [-0.3, -0.25) is 0 Å². The van der Waals surface area contributed by atoms with Crippen LogP contribution in [0.2, 0.25) is 5.02 Å². The van der Waals surface area contributed by atoms with Crippen LogP contribution in [0.5, 0.6) is 5.75 Å². The fourth-order valence-corrected chi connectivity index (χ4v) is 4.28. The molecular formula is C12H7Br4ClN6O. The molecule has 0 saturated carbocycles. The van der Waals surface area contributed by atoms with Crippen molar-refractivity contribution in [3.63, 3.8) is 0 Å². The Balaban J connectivity index is 1.95. The van der Waals surface area contributed by atoms with Gasteiger partial charge in [0.2, 0.25) is 9.47 Å². The van der Waals surface area contributed by atoms with Gasteiger partial charge in [-0.2, -0.15) is 9.97 Å². The zero-order valence-electron chi connectivity index (χ0n) is 11.6. The van der Waals surface area contributed by atoms with Gasteiger partial charge >= 0.3 is 0 Å². The third-order valence-electron chi connectivity index (χ3n) is 3.07. The van der Waals surface area contributed by atoms with Gasteiger partial charge in [-0.05, 0) is 75.9 Å². The molecule has 0 unspecified atom stereocenters. The lowest BCUT2D eigenvalue weighted by molar-refractivity contribution is 0.451. The van der Waals surface area contributed by atoms with Gasteiger partial charge in [0.1, 0.15) is 5.75 Å². The highest BCUT2D eigenvalue weighted by Crippen LogP contribution is 2.30. The Bertz CT molecular complexity index is 842. The summed E-state index contributed by atoms with van der Waals surface area (Å²) in [6, 6.07) is 3.38. The topological polar surface area (TPSA) is 81.6 Å². The summed E-state index contributed by atoms with van der Waals surface area (Å²) in [6.07, 6.45) is 0. The fraction of sp³-hybridized carbons (Fsp3) is 0.167. The first kappa shape index (κ1) is 18.3. The van der Waals surface area contributed by atoms with E-state index in [1.807, 2.05) is 0 Å². The number of phenols is 1. The molecule has 0 fully saturated rings. The highest BCUT2D eigenvalue weighted by atomic mass is 79.9. The molecule has 2 heterocycles. The summed E-state index contributed by atoms with van der Waals surface area (Å²) in [5, 5.41) is 19.5. The summed E-state index contributed by atoms with van der Waals surface area (Å²) in [6.45, 7) is 0.613. The molecular weight excluding hydrogens is 599 g/mol. The van der Waals surface area contributed by atoms with Crippen molar-refractivity contribution in [2.24, 2.45) is 0 Å². The van der Waals surface area contributed by atoms with E-state index in [0.717, 1.165) is 0 Å². The number of phenolic OH excluding ortho intramolecular Hbond substituents is 1. The summed E-state index contributed by atoms with van der Waals surface area (Å²) in [5.41, 5.74) is 1.23. The zero-order valence-corrected chi connectivity index (χ0v) is 18.7. The molecule has 126 valence electrons. The van der Waals surface area contributed by atoms with Gasteiger partial charge in [0.05, 0.1) is 13.1 Å². The minimum Gasteiger partial charge on any atom is -0.507 e. The standard InChI is InChI=1S/C12H7Br4ClN6O/c13-9-18-11(15)22(20-9)3-5-1-7(17)2-6(8(5)24)4-23-12(16)19-10(14)21-23/h1-2,24H,3-4H2. The van der Waals surface area contributed by atoms with Crippen LogP contribution in [0.4, 0.5) is 0 Å². The predicted molar refractivity (Wildman–Crippen MR) is 102 cm³/mol. The summed E-state index contributed by atoms with van der Waals surface area (Å²) in [4.78, 5) is 8.20. The van der Waals surface area contributed by atoms with E-state index >= 15 is 0 Å². The summed E-state index contributed by atoms with van der Waals surface area (Å²) < 4.78 is 5.18. The van der Waals surface area contributed by atoms with E-state index in [4.69, 9.17) is 11.6 Å². The Labute approximate surface area is 174 Å². The number of aromatic hydroxyl groups is 1. The molecule has 3 rings (SSSR count). The van der Waals surface area contributed by atoms with Gasteiger partial charge in [-0.15, -0.1) is 10.2 Å². The van der Waals surface area contributed by atoms with Crippen molar-refractivity contribution in [2.45, 2.75) is 13.1 Å².